The van der Waals surface area contributed by atoms with Crippen LogP contribution in [0.4, 0.5) is 0 Å². The van der Waals surface area contributed by atoms with Crippen LogP contribution in [0, 0.1) is 12.8 Å². The summed E-state index contributed by atoms with van der Waals surface area (Å²) >= 11 is 0. The van der Waals surface area contributed by atoms with Gasteiger partial charge in [0.15, 0.2) is 0 Å². The van der Waals surface area contributed by atoms with Crippen molar-refractivity contribution in [3.63, 3.8) is 0 Å². The molecule has 0 bridgehead atoms. The molecular weight excluding hydrogens is 250 g/mol. The number of likely N-dealkylation sites (tertiary alicyclic amines) is 1. The Bertz CT molecular complexity index is 427. The number of benzene rings is 1. The number of ether oxygens (including phenoxy) is 1. The summed E-state index contributed by atoms with van der Waals surface area (Å²) in [5.41, 5.74) is 2.59. The first-order valence-electron chi connectivity index (χ1n) is 7.75. The molecule has 2 unspecified atom stereocenters. The number of aryl methyl sites for hydroxylation is 1. The molecule has 1 aliphatic heterocycles. The molecule has 2 rings (SSSR count). The van der Waals surface area contributed by atoms with E-state index >= 15 is 0 Å². The number of aliphatic hydroxyl groups is 1. The van der Waals surface area contributed by atoms with Crippen LogP contribution in [-0.4, -0.2) is 36.3 Å². The number of hydrogen-bond donors (Lipinski definition) is 1. The van der Waals surface area contributed by atoms with E-state index in [1.165, 1.54) is 24.0 Å². The smallest absolute Gasteiger partial charge is 0.119 e. The van der Waals surface area contributed by atoms with Crippen molar-refractivity contribution < 1.29 is 9.84 Å². The monoisotopic (exact) mass is 277 g/mol. The molecule has 0 aromatic heterocycles. The summed E-state index contributed by atoms with van der Waals surface area (Å²) in [5, 5.41) is 9.61. The van der Waals surface area contributed by atoms with E-state index < -0.39 is 0 Å². The van der Waals surface area contributed by atoms with Gasteiger partial charge in [0.25, 0.3) is 0 Å². The molecule has 2 atom stereocenters. The minimum atomic E-state index is 0.230. The summed E-state index contributed by atoms with van der Waals surface area (Å²) < 4.78 is 5.57. The maximum atomic E-state index is 9.61. The molecule has 0 aliphatic carbocycles. The molecule has 1 fully saturated rings. The van der Waals surface area contributed by atoms with Crippen molar-refractivity contribution in [2.24, 2.45) is 5.92 Å². The number of aliphatic hydroxyl groups excluding tert-OH is 1. The fourth-order valence-electron chi connectivity index (χ4n) is 3.22. The summed E-state index contributed by atoms with van der Waals surface area (Å²) in [7, 11) is 0. The molecule has 1 aromatic carbocycles. The summed E-state index contributed by atoms with van der Waals surface area (Å²) in [4.78, 5) is 2.52. The summed E-state index contributed by atoms with van der Waals surface area (Å²) in [6, 6.07) is 6.67. The largest absolute Gasteiger partial charge is 0.494 e. The van der Waals surface area contributed by atoms with E-state index in [0.29, 0.717) is 12.6 Å². The second-order valence-electron chi connectivity index (χ2n) is 5.80. The van der Waals surface area contributed by atoms with Gasteiger partial charge in [-0.05, 0) is 69.0 Å². The molecule has 1 heterocycles. The Morgan fingerprint density at radius 3 is 2.55 bits per heavy atom. The van der Waals surface area contributed by atoms with Crippen molar-refractivity contribution in [3.8, 4) is 5.75 Å². The van der Waals surface area contributed by atoms with Crippen LogP contribution >= 0.6 is 0 Å². The molecule has 0 spiro atoms. The van der Waals surface area contributed by atoms with Crippen molar-refractivity contribution in [2.75, 3.05) is 26.3 Å². The molecule has 0 amide bonds. The first-order chi connectivity index (χ1) is 9.67. The van der Waals surface area contributed by atoms with Crippen LogP contribution in [0.2, 0.25) is 0 Å². The van der Waals surface area contributed by atoms with E-state index in [1.54, 1.807) is 0 Å². The van der Waals surface area contributed by atoms with Crippen LogP contribution < -0.4 is 4.74 Å². The summed E-state index contributed by atoms with van der Waals surface area (Å²) in [6.45, 7) is 9.49. The Kier molecular flexibility index (Phi) is 5.44. The quantitative estimate of drug-likeness (QED) is 0.867. The van der Waals surface area contributed by atoms with Crippen molar-refractivity contribution in [2.45, 2.75) is 39.7 Å². The Hall–Kier alpha value is -1.06. The molecule has 112 valence electrons. The lowest BCUT2D eigenvalue weighted by atomic mass is 9.90. The average molecular weight is 277 g/mol. The minimum absolute atomic E-state index is 0.230. The standard InChI is InChI=1S/C17H27NO2/c1-4-20-15-7-8-16(13(2)11-15)17(14(3)12-19)18-9-5-6-10-18/h7-8,11,14,17,19H,4-6,9-10,12H2,1-3H3. The van der Waals surface area contributed by atoms with E-state index in [9.17, 15) is 5.11 Å². The number of hydrogen-bond acceptors (Lipinski definition) is 3. The van der Waals surface area contributed by atoms with E-state index in [2.05, 4.69) is 36.9 Å². The Balaban J connectivity index is 2.28. The highest BCUT2D eigenvalue weighted by atomic mass is 16.5. The van der Waals surface area contributed by atoms with Gasteiger partial charge in [-0.3, -0.25) is 4.90 Å². The normalized spacial score (nSPS) is 19.0. The first-order valence-corrected chi connectivity index (χ1v) is 7.75. The molecule has 1 aromatic rings. The van der Waals surface area contributed by atoms with Crippen LogP contribution in [0.1, 0.15) is 43.9 Å². The van der Waals surface area contributed by atoms with E-state index in [4.69, 9.17) is 4.74 Å². The second-order valence-corrected chi connectivity index (χ2v) is 5.80. The molecule has 20 heavy (non-hydrogen) atoms. The highest BCUT2D eigenvalue weighted by molar-refractivity contribution is 5.37. The van der Waals surface area contributed by atoms with Gasteiger partial charge >= 0.3 is 0 Å². The molecule has 1 saturated heterocycles. The van der Waals surface area contributed by atoms with Crippen LogP contribution in [0.15, 0.2) is 18.2 Å². The van der Waals surface area contributed by atoms with E-state index in [1.807, 2.05) is 6.92 Å². The second kappa shape index (κ2) is 7.09. The molecule has 3 nitrogen and oxygen atoms in total. The lowest BCUT2D eigenvalue weighted by molar-refractivity contribution is 0.125. The highest BCUT2D eigenvalue weighted by Gasteiger charge is 2.29. The SMILES string of the molecule is CCOc1ccc(C(C(C)CO)N2CCCC2)c(C)c1. The number of nitrogens with zero attached hydrogens (tertiary/aromatic N) is 1. The zero-order valence-corrected chi connectivity index (χ0v) is 12.9. The van der Waals surface area contributed by atoms with Crippen LogP contribution in [-0.2, 0) is 0 Å². The van der Waals surface area contributed by atoms with Gasteiger partial charge in [0.05, 0.1) is 6.61 Å². The van der Waals surface area contributed by atoms with Crippen LogP contribution in [0.5, 0.6) is 5.75 Å². The lowest BCUT2D eigenvalue weighted by Gasteiger charge is -2.33. The van der Waals surface area contributed by atoms with Gasteiger partial charge in [-0.15, -0.1) is 0 Å². The van der Waals surface area contributed by atoms with Gasteiger partial charge < -0.3 is 9.84 Å². The van der Waals surface area contributed by atoms with Gasteiger partial charge in [0, 0.05) is 12.6 Å². The average Bonchev–Trinajstić information content (AvgIpc) is 2.95. The zero-order valence-electron chi connectivity index (χ0n) is 12.9. The molecular formula is C17H27NO2. The molecule has 3 heteroatoms. The van der Waals surface area contributed by atoms with Gasteiger partial charge in [0.2, 0.25) is 0 Å². The Labute approximate surface area is 122 Å². The van der Waals surface area contributed by atoms with Gasteiger partial charge in [-0.2, -0.15) is 0 Å². The Morgan fingerprint density at radius 2 is 2.00 bits per heavy atom. The van der Waals surface area contributed by atoms with Crippen molar-refractivity contribution in [1.29, 1.82) is 0 Å². The predicted octanol–water partition coefficient (Wildman–Crippen LogP) is 3.16. The van der Waals surface area contributed by atoms with Gasteiger partial charge in [-0.1, -0.05) is 13.0 Å². The summed E-state index contributed by atoms with van der Waals surface area (Å²) in [5.74, 6) is 1.19. The first kappa shape index (κ1) is 15.3. The maximum Gasteiger partial charge on any atom is 0.119 e. The third kappa shape index (κ3) is 3.33. The Morgan fingerprint density at radius 1 is 1.30 bits per heavy atom. The topological polar surface area (TPSA) is 32.7 Å². The maximum absolute atomic E-state index is 9.61. The third-order valence-corrected chi connectivity index (χ3v) is 4.23. The minimum Gasteiger partial charge on any atom is -0.494 e. The predicted molar refractivity (Wildman–Crippen MR) is 82.1 cm³/mol. The molecule has 1 N–H and O–H groups in total. The zero-order chi connectivity index (χ0) is 14.5. The van der Waals surface area contributed by atoms with Crippen molar-refractivity contribution >= 4 is 0 Å². The van der Waals surface area contributed by atoms with Gasteiger partial charge in [0.1, 0.15) is 5.75 Å². The van der Waals surface area contributed by atoms with Crippen molar-refractivity contribution in [3.05, 3.63) is 29.3 Å². The molecule has 0 saturated carbocycles. The van der Waals surface area contributed by atoms with Crippen LogP contribution in [0.3, 0.4) is 0 Å². The molecule has 0 radical (unpaired) electrons. The fourth-order valence-corrected chi connectivity index (χ4v) is 3.22. The van der Waals surface area contributed by atoms with Crippen molar-refractivity contribution in [1.82, 2.24) is 4.90 Å². The lowest BCUT2D eigenvalue weighted by Crippen LogP contribution is -2.32. The van der Waals surface area contributed by atoms with E-state index in [-0.39, 0.29) is 12.5 Å². The fraction of sp³-hybridized carbons (Fsp3) is 0.647. The van der Waals surface area contributed by atoms with Crippen LogP contribution in [0.25, 0.3) is 0 Å². The molecule has 1 aliphatic rings. The third-order valence-electron chi connectivity index (χ3n) is 4.23. The number of rotatable bonds is 6. The highest BCUT2D eigenvalue weighted by Crippen LogP contribution is 2.34. The van der Waals surface area contributed by atoms with Gasteiger partial charge in [-0.25, -0.2) is 0 Å². The van der Waals surface area contributed by atoms with E-state index in [0.717, 1.165) is 18.8 Å². The summed E-state index contributed by atoms with van der Waals surface area (Å²) in [6.07, 6.45) is 2.54.